The quantitative estimate of drug-likeness (QED) is 0.694. The number of fused-ring (bicyclic) bond motifs is 1. The van der Waals surface area contributed by atoms with Crippen LogP contribution in [0.3, 0.4) is 0 Å². The molecule has 154 valence electrons. The molecular weight excluding hydrogens is 400 g/mol. The first kappa shape index (κ1) is 19.8. The predicted octanol–water partition coefficient (Wildman–Crippen LogP) is 0.379. The molecule has 0 saturated carbocycles. The first-order valence-corrected chi connectivity index (χ1v) is 13.1. The van der Waals surface area contributed by atoms with E-state index in [1.165, 1.54) is 21.9 Å². The van der Waals surface area contributed by atoms with Gasteiger partial charge >= 0.3 is 0 Å². The van der Waals surface area contributed by atoms with Crippen molar-refractivity contribution in [2.24, 2.45) is 0 Å². The Morgan fingerprint density at radius 3 is 2.46 bits per heavy atom. The second kappa shape index (κ2) is 7.42. The van der Waals surface area contributed by atoms with E-state index in [-0.39, 0.29) is 36.9 Å². The highest BCUT2D eigenvalue weighted by atomic mass is 32.2. The molecule has 1 unspecified atom stereocenters. The summed E-state index contributed by atoms with van der Waals surface area (Å²) in [5.74, 6) is -0.332. The summed E-state index contributed by atoms with van der Waals surface area (Å²) in [7, 11) is -6.88. The maximum atomic E-state index is 12.7. The number of rotatable bonds is 4. The fourth-order valence-electron chi connectivity index (χ4n) is 4.42. The Labute approximate surface area is 166 Å². The molecule has 0 radical (unpaired) electrons. The van der Waals surface area contributed by atoms with E-state index < -0.39 is 25.1 Å². The van der Waals surface area contributed by atoms with Gasteiger partial charge in [0.05, 0.1) is 23.2 Å². The number of hydrogen-bond donors (Lipinski definition) is 0. The van der Waals surface area contributed by atoms with Crippen LogP contribution in [0.5, 0.6) is 0 Å². The molecule has 3 aliphatic rings. The summed E-state index contributed by atoms with van der Waals surface area (Å²) in [5, 5.41) is -0.842. The molecule has 0 aromatic heterocycles. The van der Waals surface area contributed by atoms with Gasteiger partial charge in [-0.15, -0.1) is 0 Å². The van der Waals surface area contributed by atoms with Crippen molar-refractivity contribution in [3.63, 3.8) is 0 Å². The highest BCUT2D eigenvalue weighted by Crippen LogP contribution is 2.25. The smallest absolute Gasteiger partial charge is 0.227 e. The number of aryl methyl sites for hydroxylation is 2. The van der Waals surface area contributed by atoms with Crippen molar-refractivity contribution in [2.45, 2.75) is 37.4 Å². The van der Waals surface area contributed by atoms with Gasteiger partial charge in [-0.25, -0.2) is 16.8 Å². The summed E-state index contributed by atoms with van der Waals surface area (Å²) in [5.41, 5.74) is 3.73. The zero-order valence-corrected chi connectivity index (χ0v) is 17.5. The number of piperazine rings is 1. The molecule has 1 aromatic rings. The third kappa shape index (κ3) is 3.97. The standard InChI is InChI=1S/C19H26N2O5S2/c22-19(13-15-4-5-16-2-1-3-17(16)12-15)20-7-9-21(10-8-20)28(25,26)18-6-11-27(23,24)14-18/h4-5,12,18H,1-3,6-11,13-14H2. The van der Waals surface area contributed by atoms with Gasteiger partial charge in [0.1, 0.15) is 0 Å². The number of carbonyl (C=O) groups excluding carboxylic acids is 1. The minimum Gasteiger partial charge on any atom is -0.340 e. The van der Waals surface area contributed by atoms with E-state index in [4.69, 9.17) is 0 Å². The van der Waals surface area contributed by atoms with E-state index in [0.717, 1.165) is 18.4 Å². The van der Waals surface area contributed by atoms with Crippen LogP contribution >= 0.6 is 0 Å². The Morgan fingerprint density at radius 1 is 1.07 bits per heavy atom. The minimum absolute atomic E-state index is 0.0124. The Kier molecular flexibility index (Phi) is 5.26. The topological polar surface area (TPSA) is 91.8 Å². The number of benzene rings is 1. The molecule has 0 N–H and O–H groups in total. The molecule has 1 amide bonds. The molecule has 0 bridgehead atoms. The van der Waals surface area contributed by atoms with Gasteiger partial charge < -0.3 is 4.90 Å². The van der Waals surface area contributed by atoms with Crippen molar-refractivity contribution in [3.05, 3.63) is 34.9 Å². The van der Waals surface area contributed by atoms with Crippen LogP contribution in [-0.4, -0.2) is 74.9 Å². The van der Waals surface area contributed by atoms with Crippen molar-refractivity contribution >= 4 is 25.8 Å². The van der Waals surface area contributed by atoms with Gasteiger partial charge in [0.15, 0.2) is 9.84 Å². The zero-order valence-electron chi connectivity index (χ0n) is 15.8. The van der Waals surface area contributed by atoms with Crippen LogP contribution in [0.25, 0.3) is 0 Å². The van der Waals surface area contributed by atoms with Crippen molar-refractivity contribution in [3.8, 4) is 0 Å². The van der Waals surface area contributed by atoms with E-state index in [9.17, 15) is 21.6 Å². The molecule has 2 fully saturated rings. The highest BCUT2D eigenvalue weighted by Gasteiger charge is 2.41. The Hall–Kier alpha value is -1.45. The van der Waals surface area contributed by atoms with Crippen LogP contribution in [0, 0.1) is 0 Å². The van der Waals surface area contributed by atoms with Crippen LogP contribution in [-0.2, 0) is 43.9 Å². The average molecular weight is 427 g/mol. The SMILES string of the molecule is O=C(Cc1ccc2c(c1)CCC2)N1CCN(S(=O)(=O)C2CCS(=O)(=O)C2)CC1. The average Bonchev–Trinajstić information content (AvgIpc) is 3.27. The Balaban J connectivity index is 1.34. The number of sulfone groups is 1. The Bertz CT molecular complexity index is 980. The summed E-state index contributed by atoms with van der Waals surface area (Å²) >= 11 is 0. The minimum atomic E-state index is -3.63. The molecule has 1 atom stereocenters. The molecule has 0 spiro atoms. The van der Waals surface area contributed by atoms with E-state index in [1.807, 2.05) is 6.07 Å². The van der Waals surface area contributed by atoms with Gasteiger partial charge in [0.25, 0.3) is 0 Å². The van der Waals surface area contributed by atoms with Crippen LogP contribution in [0.1, 0.15) is 29.5 Å². The zero-order chi connectivity index (χ0) is 19.9. The molecule has 2 heterocycles. The van der Waals surface area contributed by atoms with Crippen molar-refractivity contribution < 1.29 is 21.6 Å². The summed E-state index contributed by atoms with van der Waals surface area (Å²) in [6.45, 7) is 1.16. The highest BCUT2D eigenvalue weighted by molar-refractivity contribution is 7.95. The lowest BCUT2D eigenvalue weighted by molar-refractivity contribution is -0.131. The number of amides is 1. The van der Waals surface area contributed by atoms with Crippen LogP contribution in [0.4, 0.5) is 0 Å². The lowest BCUT2D eigenvalue weighted by Crippen LogP contribution is -2.53. The van der Waals surface area contributed by atoms with Gasteiger partial charge in [-0.3, -0.25) is 4.79 Å². The molecule has 28 heavy (non-hydrogen) atoms. The molecule has 2 saturated heterocycles. The molecular formula is C19H26N2O5S2. The van der Waals surface area contributed by atoms with E-state index in [1.54, 1.807) is 4.90 Å². The fraction of sp³-hybridized carbons (Fsp3) is 0.632. The fourth-order valence-corrected chi connectivity index (χ4v) is 8.93. The Morgan fingerprint density at radius 2 is 1.79 bits per heavy atom. The van der Waals surface area contributed by atoms with Crippen LogP contribution in [0.2, 0.25) is 0 Å². The number of carbonyl (C=O) groups is 1. The third-order valence-corrected chi connectivity index (χ3v) is 10.4. The normalized spacial score (nSPS) is 25.0. The van der Waals surface area contributed by atoms with Gasteiger partial charge in [-0.05, 0) is 42.4 Å². The van der Waals surface area contributed by atoms with Crippen LogP contribution in [0.15, 0.2) is 18.2 Å². The van der Waals surface area contributed by atoms with Crippen molar-refractivity contribution in [1.29, 1.82) is 0 Å². The lowest BCUT2D eigenvalue weighted by Gasteiger charge is -2.35. The molecule has 1 aliphatic carbocycles. The first-order chi connectivity index (χ1) is 13.2. The third-order valence-electron chi connectivity index (χ3n) is 6.08. The van der Waals surface area contributed by atoms with Crippen LogP contribution < -0.4 is 0 Å². The molecule has 9 heteroatoms. The molecule has 7 nitrogen and oxygen atoms in total. The van der Waals surface area contributed by atoms with Crippen molar-refractivity contribution in [1.82, 2.24) is 9.21 Å². The maximum absolute atomic E-state index is 12.7. The van der Waals surface area contributed by atoms with Crippen molar-refractivity contribution in [2.75, 3.05) is 37.7 Å². The van der Waals surface area contributed by atoms with Gasteiger partial charge in [-0.1, -0.05) is 18.2 Å². The second-order valence-corrected chi connectivity index (χ2v) is 12.4. The largest absolute Gasteiger partial charge is 0.340 e. The second-order valence-electron chi connectivity index (χ2n) is 7.98. The summed E-state index contributed by atoms with van der Waals surface area (Å²) in [6.07, 6.45) is 3.86. The van der Waals surface area contributed by atoms with Gasteiger partial charge in [0.2, 0.25) is 15.9 Å². The van der Waals surface area contributed by atoms with Gasteiger partial charge in [0, 0.05) is 26.2 Å². The van der Waals surface area contributed by atoms with E-state index >= 15 is 0 Å². The van der Waals surface area contributed by atoms with E-state index in [2.05, 4.69) is 12.1 Å². The maximum Gasteiger partial charge on any atom is 0.227 e. The molecule has 1 aromatic carbocycles. The summed E-state index contributed by atoms with van der Waals surface area (Å²) in [4.78, 5) is 14.4. The predicted molar refractivity (Wildman–Crippen MR) is 106 cm³/mol. The number of nitrogens with zero attached hydrogens (tertiary/aromatic N) is 2. The first-order valence-electron chi connectivity index (χ1n) is 9.82. The monoisotopic (exact) mass is 426 g/mol. The molecule has 4 rings (SSSR count). The lowest BCUT2D eigenvalue weighted by atomic mass is 10.0. The number of sulfonamides is 1. The van der Waals surface area contributed by atoms with E-state index in [0.29, 0.717) is 19.5 Å². The number of hydrogen-bond acceptors (Lipinski definition) is 5. The summed E-state index contributed by atoms with van der Waals surface area (Å²) in [6, 6.07) is 6.26. The molecule has 2 aliphatic heterocycles. The van der Waals surface area contributed by atoms with Gasteiger partial charge in [-0.2, -0.15) is 4.31 Å². The summed E-state index contributed by atoms with van der Waals surface area (Å²) < 4.78 is 50.0.